The van der Waals surface area contributed by atoms with Gasteiger partial charge in [-0.3, -0.25) is 0 Å². The van der Waals surface area contributed by atoms with E-state index in [1.54, 1.807) is 12.1 Å². The minimum absolute atomic E-state index is 0.0686. The van der Waals surface area contributed by atoms with Crippen molar-refractivity contribution in [3.8, 4) is 5.75 Å². The summed E-state index contributed by atoms with van der Waals surface area (Å²) in [7, 11) is -3.61. The molecule has 0 aliphatic rings. The van der Waals surface area contributed by atoms with Gasteiger partial charge in [0.2, 0.25) is 10.0 Å². The van der Waals surface area contributed by atoms with E-state index in [2.05, 4.69) is 0 Å². The van der Waals surface area contributed by atoms with Gasteiger partial charge < -0.3 is 10.5 Å². The summed E-state index contributed by atoms with van der Waals surface area (Å²) in [5, 5.41) is 0. The van der Waals surface area contributed by atoms with Crippen LogP contribution in [0.1, 0.15) is 34.1 Å². The van der Waals surface area contributed by atoms with Crippen molar-refractivity contribution in [2.24, 2.45) is 0 Å². The lowest BCUT2D eigenvalue weighted by atomic mass is 10.3. The number of benzene rings is 1. The third-order valence-electron chi connectivity index (χ3n) is 3.25. The van der Waals surface area contributed by atoms with E-state index in [-0.39, 0.29) is 10.9 Å². The monoisotopic (exact) mass is 300 g/mol. The fourth-order valence-electron chi connectivity index (χ4n) is 2.05. The molecule has 6 heteroatoms. The van der Waals surface area contributed by atoms with Gasteiger partial charge in [-0.2, -0.15) is 4.31 Å². The Morgan fingerprint density at radius 1 is 1.30 bits per heavy atom. The molecule has 0 radical (unpaired) electrons. The van der Waals surface area contributed by atoms with Crippen LogP contribution in [0.4, 0.5) is 5.69 Å². The molecule has 0 saturated heterocycles. The summed E-state index contributed by atoms with van der Waals surface area (Å²) < 4.78 is 32.5. The van der Waals surface area contributed by atoms with Gasteiger partial charge in [-0.1, -0.05) is 13.8 Å². The Bertz CT molecular complexity index is 543. The Balaban J connectivity index is 3.36. The molecular weight excluding hydrogens is 276 g/mol. The van der Waals surface area contributed by atoms with E-state index < -0.39 is 10.0 Å². The van der Waals surface area contributed by atoms with Crippen LogP contribution in [0, 0.1) is 0 Å². The van der Waals surface area contributed by atoms with Gasteiger partial charge in [0.25, 0.3) is 0 Å². The molecule has 2 N–H and O–H groups in total. The fraction of sp³-hybridized carbons (Fsp3) is 0.571. The molecule has 1 aromatic carbocycles. The minimum Gasteiger partial charge on any atom is -0.492 e. The zero-order valence-corrected chi connectivity index (χ0v) is 13.4. The molecule has 1 atom stereocenters. The van der Waals surface area contributed by atoms with Crippen molar-refractivity contribution in [3.05, 3.63) is 18.2 Å². The Morgan fingerprint density at radius 3 is 2.45 bits per heavy atom. The molecule has 0 amide bonds. The lowest BCUT2D eigenvalue weighted by Crippen LogP contribution is -2.38. The number of sulfonamides is 1. The number of nitrogens with two attached hydrogens (primary N) is 1. The van der Waals surface area contributed by atoms with Crippen molar-refractivity contribution in [2.75, 3.05) is 18.9 Å². The van der Waals surface area contributed by atoms with Crippen LogP contribution in [0.25, 0.3) is 0 Å². The zero-order chi connectivity index (χ0) is 15.3. The van der Waals surface area contributed by atoms with Crippen molar-refractivity contribution >= 4 is 15.7 Å². The molecule has 0 fully saturated rings. The highest BCUT2D eigenvalue weighted by Gasteiger charge is 2.29. The average Bonchev–Trinajstić information content (AvgIpc) is 2.41. The third-order valence-corrected chi connectivity index (χ3v) is 5.36. The molecule has 114 valence electrons. The quantitative estimate of drug-likeness (QED) is 0.785. The number of ether oxygens (including phenoxy) is 1. The van der Waals surface area contributed by atoms with Crippen LogP contribution in [0.15, 0.2) is 23.1 Å². The second-order valence-electron chi connectivity index (χ2n) is 4.60. The first-order valence-electron chi connectivity index (χ1n) is 6.92. The summed E-state index contributed by atoms with van der Waals surface area (Å²) in [5.41, 5.74) is 6.14. The first-order valence-corrected chi connectivity index (χ1v) is 8.36. The van der Waals surface area contributed by atoms with Crippen molar-refractivity contribution in [1.29, 1.82) is 0 Å². The van der Waals surface area contributed by atoms with Gasteiger partial charge in [0.1, 0.15) is 10.6 Å². The van der Waals surface area contributed by atoms with Crippen LogP contribution in [0.3, 0.4) is 0 Å². The predicted molar refractivity (Wildman–Crippen MR) is 81.3 cm³/mol. The van der Waals surface area contributed by atoms with Gasteiger partial charge in [-0.05, 0) is 38.5 Å². The highest BCUT2D eigenvalue weighted by Crippen LogP contribution is 2.30. The van der Waals surface area contributed by atoms with Crippen LogP contribution < -0.4 is 10.5 Å². The van der Waals surface area contributed by atoms with Crippen LogP contribution >= 0.6 is 0 Å². The molecule has 0 heterocycles. The van der Waals surface area contributed by atoms with Crippen molar-refractivity contribution in [1.82, 2.24) is 4.31 Å². The van der Waals surface area contributed by atoms with E-state index in [1.807, 2.05) is 27.7 Å². The Morgan fingerprint density at radius 2 is 1.95 bits per heavy atom. The number of hydrogen-bond donors (Lipinski definition) is 1. The van der Waals surface area contributed by atoms with Crippen molar-refractivity contribution < 1.29 is 13.2 Å². The Labute approximate surface area is 121 Å². The normalized spacial score (nSPS) is 13.4. The van der Waals surface area contributed by atoms with Gasteiger partial charge >= 0.3 is 0 Å². The highest BCUT2D eigenvalue weighted by atomic mass is 32.2. The molecule has 20 heavy (non-hydrogen) atoms. The van der Waals surface area contributed by atoms with Crippen LogP contribution in [-0.4, -0.2) is 31.9 Å². The maximum atomic E-state index is 12.8. The lowest BCUT2D eigenvalue weighted by molar-refractivity contribution is 0.321. The predicted octanol–water partition coefficient (Wildman–Crippen LogP) is 2.48. The lowest BCUT2D eigenvalue weighted by Gasteiger charge is -2.27. The van der Waals surface area contributed by atoms with E-state index in [9.17, 15) is 8.42 Å². The SMILES string of the molecule is CCOc1ccc(N)cc1S(=O)(=O)N(CC)C(C)CC. The van der Waals surface area contributed by atoms with Gasteiger partial charge in [-0.15, -0.1) is 0 Å². The molecule has 0 aromatic heterocycles. The summed E-state index contributed by atoms with van der Waals surface area (Å²) in [6, 6.07) is 4.64. The second kappa shape index (κ2) is 6.95. The maximum Gasteiger partial charge on any atom is 0.247 e. The summed E-state index contributed by atoms with van der Waals surface area (Å²) in [5.74, 6) is 0.350. The van der Waals surface area contributed by atoms with Crippen LogP contribution in [-0.2, 0) is 10.0 Å². The van der Waals surface area contributed by atoms with E-state index in [1.165, 1.54) is 10.4 Å². The molecule has 5 nitrogen and oxygen atoms in total. The van der Waals surface area contributed by atoms with Gasteiger partial charge in [0, 0.05) is 18.3 Å². The topological polar surface area (TPSA) is 72.6 Å². The average molecular weight is 300 g/mol. The van der Waals surface area contributed by atoms with E-state index >= 15 is 0 Å². The Kier molecular flexibility index (Phi) is 5.83. The molecule has 0 saturated carbocycles. The van der Waals surface area contributed by atoms with E-state index in [0.29, 0.717) is 24.6 Å². The van der Waals surface area contributed by atoms with Gasteiger partial charge in [0.05, 0.1) is 6.61 Å². The number of hydrogen-bond acceptors (Lipinski definition) is 4. The first-order chi connectivity index (χ1) is 9.38. The summed E-state index contributed by atoms with van der Waals surface area (Å²) in [4.78, 5) is 0.140. The third kappa shape index (κ3) is 3.43. The van der Waals surface area contributed by atoms with Gasteiger partial charge in [0.15, 0.2) is 0 Å². The number of anilines is 1. The highest BCUT2D eigenvalue weighted by molar-refractivity contribution is 7.89. The van der Waals surface area contributed by atoms with Crippen LogP contribution in [0.5, 0.6) is 5.75 Å². The molecule has 0 bridgehead atoms. The minimum atomic E-state index is -3.61. The fourth-order valence-corrected chi connectivity index (χ4v) is 3.93. The van der Waals surface area contributed by atoms with Crippen LogP contribution in [0.2, 0.25) is 0 Å². The number of nitrogens with zero attached hydrogens (tertiary/aromatic N) is 1. The van der Waals surface area contributed by atoms with Crippen molar-refractivity contribution in [2.45, 2.75) is 45.1 Å². The number of rotatable bonds is 7. The maximum absolute atomic E-state index is 12.8. The molecule has 1 unspecified atom stereocenters. The molecule has 0 aliphatic heterocycles. The zero-order valence-electron chi connectivity index (χ0n) is 12.6. The molecule has 0 spiro atoms. The molecule has 1 aromatic rings. The standard InChI is InChI=1S/C14H24N2O3S/c1-5-11(4)16(6-2)20(17,18)14-10-12(15)8-9-13(14)19-7-3/h8-11H,5-7,15H2,1-4H3. The summed E-state index contributed by atoms with van der Waals surface area (Å²) >= 11 is 0. The largest absolute Gasteiger partial charge is 0.492 e. The Hall–Kier alpha value is -1.27. The van der Waals surface area contributed by atoms with Gasteiger partial charge in [-0.25, -0.2) is 8.42 Å². The molecular formula is C14H24N2O3S. The van der Waals surface area contributed by atoms with Crippen molar-refractivity contribution in [3.63, 3.8) is 0 Å². The summed E-state index contributed by atoms with van der Waals surface area (Å²) in [6.07, 6.45) is 0.749. The summed E-state index contributed by atoms with van der Waals surface area (Å²) in [6.45, 7) is 8.33. The second-order valence-corrected chi connectivity index (χ2v) is 6.46. The first kappa shape index (κ1) is 16.8. The molecule has 1 rings (SSSR count). The smallest absolute Gasteiger partial charge is 0.247 e. The molecule has 0 aliphatic carbocycles. The van der Waals surface area contributed by atoms with E-state index in [0.717, 1.165) is 6.42 Å². The number of nitrogen functional groups attached to an aromatic ring is 1. The van der Waals surface area contributed by atoms with E-state index in [4.69, 9.17) is 10.5 Å².